The van der Waals surface area contributed by atoms with Crippen molar-refractivity contribution in [2.24, 2.45) is 0 Å². The Morgan fingerprint density at radius 2 is 1.70 bits per heavy atom. The number of nitrogens with zero attached hydrogens (tertiary/aromatic N) is 3. The smallest absolute Gasteiger partial charge is 0.338 e. The maximum absolute atomic E-state index is 13.7. The van der Waals surface area contributed by atoms with Crippen LogP contribution in [0.2, 0.25) is 0 Å². The molecule has 2 aromatic carbocycles. The molecule has 142 valence electrons. The maximum atomic E-state index is 13.7. The average Bonchev–Trinajstić information content (AvgIpc) is 3.03. The topological polar surface area (TPSA) is 42.2 Å². The van der Waals surface area contributed by atoms with Crippen LogP contribution < -0.4 is 0 Å². The van der Waals surface area contributed by atoms with Gasteiger partial charge in [0.05, 0.1) is 12.1 Å². The first-order valence-electron chi connectivity index (χ1n) is 8.21. The van der Waals surface area contributed by atoms with Crippen molar-refractivity contribution in [3.8, 4) is 0 Å². The van der Waals surface area contributed by atoms with E-state index in [1.807, 2.05) is 4.90 Å². The number of alkyl halides is 3. The molecule has 3 aromatic rings. The lowest BCUT2D eigenvalue weighted by Crippen LogP contribution is -2.17. The fraction of sp³-hybridized carbons (Fsp3) is 0.263. The molecule has 0 fully saturated rings. The van der Waals surface area contributed by atoms with E-state index in [0.29, 0.717) is 30.4 Å². The van der Waals surface area contributed by atoms with E-state index in [9.17, 15) is 17.6 Å². The molecule has 0 saturated heterocycles. The van der Waals surface area contributed by atoms with E-state index in [0.717, 1.165) is 17.7 Å². The van der Waals surface area contributed by atoms with Crippen molar-refractivity contribution in [2.45, 2.75) is 25.7 Å². The van der Waals surface area contributed by atoms with E-state index < -0.39 is 11.7 Å². The number of benzene rings is 2. The summed E-state index contributed by atoms with van der Waals surface area (Å²) in [4.78, 5) is 6.08. The lowest BCUT2D eigenvalue weighted by molar-refractivity contribution is -0.137. The second-order valence-corrected chi connectivity index (χ2v) is 6.24. The zero-order chi connectivity index (χ0) is 19.4. The summed E-state index contributed by atoms with van der Waals surface area (Å²) in [6, 6.07) is 11.4. The van der Waals surface area contributed by atoms with Crippen LogP contribution in [-0.2, 0) is 25.7 Å². The molecule has 1 heterocycles. The standard InChI is InChI=1S/C19H17F4N3O/c1-26(11-13-6-8-15(9-7-13)19(21,22)23)12-18-24-17(25-27-18)10-14-4-2-3-5-16(14)20/h2-9H,10-12H2,1H3. The third-order valence-electron chi connectivity index (χ3n) is 3.96. The Morgan fingerprint density at radius 3 is 2.37 bits per heavy atom. The van der Waals surface area contributed by atoms with Crippen molar-refractivity contribution in [3.05, 3.63) is 82.8 Å². The molecule has 0 atom stereocenters. The summed E-state index contributed by atoms with van der Waals surface area (Å²) in [5.41, 5.74) is 0.531. The number of halogens is 4. The summed E-state index contributed by atoms with van der Waals surface area (Å²) >= 11 is 0. The van der Waals surface area contributed by atoms with Crippen LogP contribution in [0.15, 0.2) is 53.1 Å². The SMILES string of the molecule is CN(Cc1ccc(C(F)(F)F)cc1)Cc1nc(Cc2ccccc2F)no1. The molecule has 0 unspecified atom stereocenters. The molecule has 0 saturated carbocycles. The van der Waals surface area contributed by atoms with Gasteiger partial charge in [-0.15, -0.1) is 0 Å². The van der Waals surface area contributed by atoms with E-state index in [4.69, 9.17) is 4.52 Å². The van der Waals surface area contributed by atoms with E-state index in [1.165, 1.54) is 18.2 Å². The first-order chi connectivity index (χ1) is 12.8. The highest BCUT2D eigenvalue weighted by Crippen LogP contribution is 2.29. The van der Waals surface area contributed by atoms with E-state index in [2.05, 4.69) is 10.1 Å². The molecule has 8 heteroatoms. The van der Waals surface area contributed by atoms with Gasteiger partial charge in [0.25, 0.3) is 0 Å². The van der Waals surface area contributed by atoms with Gasteiger partial charge in [0.15, 0.2) is 5.82 Å². The Balaban J connectivity index is 1.58. The molecular weight excluding hydrogens is 362 g/mol. The van der Waals surface area contributed by atoms with Crippen LogP contribution in [0.25, 0.3) is 0 Å². The molecule has 3 rings (SSSR count). The summed E-state index contributed by atoms with van der Waals surface area (Å²) in [6.45, 7) is 0.745. The molecule has 27 heavy (non-hydrogen) atoms. The Hall–Kier alpha value is -2.74. The lowest BCUT2D eigenvalue weighted by Gasteiger charge is -2.14. The molecule has 0 spiro atoms. The van der Waals surface area contributed by atoms with Crippen LogP contribution in [0.5, 0.6) is 0 Å². The van der Waals surface area contributed by atoms with E-state index in [-0.39, 0.29) is 12.2 Å². The lowest BCUT2D eigenvalue weighted by atomic mass is 10.1. The highest BCUT2D eigenvalue weighted by molar-refractivity contribution is 5.24. The molecule has 0 aliphatic heterocycles. The molecule has 0 bridgehead atoms. The fourth-order valence-corrected chi connectivity index (χ4v) is 2.64. The normalized spacial score (nSPS) is 11.9. The zero-order valence-electron chi connectivity index (χ0n) is 14.5. The molecule has 4 nitrogen and oxygen atoms in total. The first-order valence-corrected chi connectivity index (χ1v) is 8.21. The maximum Gasteiger partial charge on any atom is 0.416 e. The first kappa shape index (κ1) is 19.0. The van der Waals surface area contributed by atoms with Gasteiger partial charge in [0, 0.05) is 13.0 Å². The largest absolute Gasteiger partial charge is 0.416 e. The summed E-state index contributed by atoms with van der Waals surface area (Å²) in [5, 5.41) is 3.85. The van der Waals surface area contributed by atoms with Crippen molar-refractivity contribution in [1.82, 2.24) is 15.0 Å². The zero-order valence-corrected chi connectivity index (χ0v) is 14.5. The molecule has 0 amide bonds. The van der Waals surface area contributed by atoms with Crippen LogP contribution >= 0.6 is 0 Å². The highest BCUT2D eigenvalue weighted by Gasteiger charge is 2.29. The minimum Gasteiger partial charge on any atom is -0.338 e. The monoisotopic (exact) mass is 379 g/mol. The molecule has 0 N–H and O–H groups in total. The minimum atomic E-state index is -4.34. The summed E-state index contributed by atoms with van der Waals surface area (Å²) in [5.74, 6) is 0.400. The number of aromatic nitrogens is 2. The van der Waals surface area contributed by atoms with E-state index in [1.54, 1.807) is 25.2 Å². The Morgan fingerprint density at radius 1 is 1.00 bits per heavy atom. The quantitative estimate of drug-likeness (QED) is 0.594. The molecular formula is C19H17F4N3O. The van der Waals surface area contributed by atoms with Crippen LogP contribution in [0, 0.1) is 5.82 Å². The van der Waals surface area contributed by atoms with Gasteiger partial charge in [-0.25, -0.2) is 4.39 Å². The summed E-state index contributed by atoms with van der Waals surface area (Å²) < 4.78 is 56.6. The fourth-order valence-electron chi connectivity index (χ4n) is 2.64. The highest BCUT2D eigenvalue weighted by atomic mass is 19.4. The second kappa shape index (κ2) is 7.87. The van der Waals surface area contributed by atoms with Crippen molar-refractivity contribution < 1.29 is 22.1 Å². The van der Waals surface area contributed by atoms with Gasteiger partial charge in [0.1, 0.15) is 5.82 Å². The Bertz CT molecular complexity index is 890. The van der Waals surface area contributed by atoms with Crippen molar-refractivity contribution >= 4 is 0 Å². The van der Waals surface area contributed by atoms with Crippen LogP contribution in [0.4, 0.5) is 17.6 Å². The Kier molecular flexibility index (Phi) is 5.55. The number of rotatable bonds is 6. The van der Waals surface area contributed by atoms with Gasteiger partial charge < -0.3 is 4.52 Å². The second-order valence-electron chi connectivity index (χ2n) is 6.24. The third kappa shape index (κ3) is 5.13. The van der Waals surface area contributed by atoms with Crippen LogP contribution in [0.1, 0.15) is 28.4 Å². The molecule has 0 radical (unpaired) electrons. The van der Waals surface area contributed by atoms with Crippen molar-refractivity contribution in [3.63, 3.8) is 0 Å². The number of hydrogen-bond acceptors (Lipinski definition) is 4. The predicted molar refractivity (Wildman–Crippen MR) is 90.1 cm³/mol. The van der Waals surface area contributed by atoms with Gasteiger partial charge in [-0.1, -0.05) is 35.5 Å². The van der Waals surface area contributed by atoms with Gasteiger partial charge in [-0.3, -0.25) is 4.90 Å². The van der Waals surface area contributed by atoms with Gasteiger partial charge in [-0.05, 0) is 36.4 Å². The molecule has 0 aliphatic carbocycles. The number of hydrogen-bond donors (Lipinski definition) is 0. The summed E-state index contributed by atoms with van der Waals surface area (Å²) in [7, 11) is 1.79. The van der Waals surface area contributed by atoms with Crippen LogP contribution in [0.3, 0.4) is 0 Å². The van der Waals surface area contributed by atoms with Crippen LogP contribution in [-0.4, -0.2) is 22.1 Å². The van der Waals surface area contributed by atoms with Gasteiger partial charge in [0.2, 0.25) is 5.89 Å². The third-order valence-corrected chi connectivity index (χ3v) is 3.96. The summed E-state index contributed by atoms with van der Waals surface area (Å²) in [6.07, 6.45) is -4.12. The predicted octanol–water partition coefficient (Wildman–Crippen LogP) is 4.45. The molecule has 1 aromatic heterocycles. The van der Waals surface area contributed by atoms with Gasteiger partial charge in [-0.2, -0.15) is 18.2 Å². The Labute approximate surface area is 153 Å². The minimum absolute atomic E-state index is 0.221. The van der Waals surface area contributed by atoms with Crippen molar-refractivity contribution in [1.29, 1.82) is 0 Å². The van der Waals surface area contributed by atoms with E-state index >= 15 is 0 Å². The van der Waals surface area contributed by atoms with Gasteiger partial charge >= 0.3 is 6.18 Å². The average molecular weight is 379 g/mol. The molecule has 0 aliphatic rings. The van der Waals surface area contributed by atoms with Crippen molar-refractivity contribution in [2.75, 3.05) is 7.05 Å².